The average Bonchev–Trinajstić information content (AvgIpc) is 3.08. The van der Waals surface area contributed by atoms with E-state index in [0.29, 0.717) is 23.7 Å². The molecule has 3 aromatic rings. The Kier molecular flexibility index (Phi) is 5.23. The van der Waals surface area contributed by atoms with Crippen LogP contribution in [-0.2, 0) is 12.6 Å². The lowest BCUT2D eigenvalue weighted by Crippen LogP contribution is -2.40. The summed E-state index contributed by atoms with van der Waals surface area (Å²) in [5.74, 6) is 1.02. The summed E-state index contributed by atoms with van der Waals surface area (Å²) < 4.78 is 40.9. The van der Waals surface area contributed by atoms with Crippen LogP contribution >= 0.6 is 0 Å². The molecule has 0 bridgehead atoms. The second-order valence-corrected chi connectivity index (χ2v) is 7.79. The lowest BCUT2D eigenvalue weighted by atomic mass is 10.00. The summed E-state index contributed by atoms with van der Waals surface area (Å²) in [6, 6.07) is 9.85. The van der Waals surface area contributed by atoms with Crippen molar-refractivity contribution < 1.29 is 13.2 Å². The molecule has 0 amide bonds. The molecule has 1 aromatic carbocycles. The van der Waals surface area contributed by atoms with Gasteiger partial charge in [0.15, 0.2) is 5.65 Å². The fraction of sp³-hybridized carbons (Fsp3) is 0.455. The number of hydrogen-bond donors (Lipinski definition) is 0. The molecule has 0 radical (unpaired) electrons. The van der Waals surface area contributed by atoms with E-state index in [4.69, 9.17) is 5.10 Å². The third-order valence-electron chi connectivity index (χ3n) is 5.62. The monoisotopic (exact) mass is 402 g/mol. The molecule has 0 saturated carbocycles. The molecular weight excluding hydrogens is 377 g/mol. The van der Waals surface area contributed by atoms with Crippen molar-refractivity contribution in [2.24, 2.45) is 0 Å². The zero-order valence-electron chi connectivity index (χ0n) is 16.7. The Balaban J connectivity index is 1.70. The molecule has 7 heteroatoms. The van der Waals surface area contributed by atoms with Crippen LogP contribution in [-0.4, -0.2) is 27.2 Å². The summed E-state index contributed by atoms with van der Waals surface area (Å²) in [6.45, 7) is 5.16. The van der Waals surface area contributed by atoms with Crippen LogP contribution in [0.3, 0.4) is 0 Å². The largest absolute Gasteiger partial charge is 0.416 e. The molecule has 1 fully saturated rings. The Morgan fingerprint density at radius 1 is 1.14 bits per heavy atom. The maximum Gasteiger partial charge on any atom is 0.416 e. The minimum atomic E-state index is -4.34. The van der Waals surface area contributed by atoms with E-state index in [1.807, 2.05) is 17.5 Å². The van der Waals surface area contributed by atoms with Crippen molar-refractivity contribution in [1.82, 2.24) is 14.6 Å². The number of halogens is 3. The van der Waals surface area contributed by atoms with Gasteiger partial charge in [-0.15, -0.1) is 0 Å². The van der Waals surface area contributed by atoms with E-state index in [1.165, 1.54) is 18.6 Å². The molecule has 1 aliphatic heterocycles. The first-order chi connectivity index (χ1) is 13.8. The second kappa shape index (κ2) is 7.69. The quantitative estimate of drug-likeness (QED) is 0.585. The Hall–Kier alpha value is -2.57. The molecule has 4 nitrogen and oxygen atoms in total. The molecule has 0 aliphatic carbocycles. The SMILES string of the molecule is CCC1CCCCN1c1cc(C)nc2cc(Cc3cccc(C(F)(F)F)c3)nn12. The molecular formula is C22H25F3N4. The van der Waals surface area contributed by atoms with Crippen LogP contribution in [0.25, 0.3) is 5.65 Å². The molecule has 29 heavy (non-hydrogen) atoms. The maximum absolute atomic E-state index is 13.0. The summed E-state index contributed by atoms with van der Waals surface area (Å²) in [5, 5.41) is 4.72. The molecule has 1 unspecified atom stereocenters. The van der Waals surface area contributed by atoms with Crippen LogP contribution in [0.5, 0.6) is 0 Å². The number of anilines is 1. The Morgan fingerprint density at radius 3 is 2.72 bits per heavy atom. The molecule has 2 aromatic heterocycles. The van der Waals surface area contributed by atoms with Crippen molar-refractivity contribution in [3.05, 3.63) is 58.9 Å². The highest BCUT2D eigenvalue weighted by atomic mass is 19.4. The third-order valence-corrected chi connectivity index (χ3v) is 5.62. The zero-order chi connectivity index (χ0) is 20.6. The van der Waals surface area contributed by atoms with Crippen LogP contribution in [0.1, 0.15) is 55.1 Å². The molecule has 0 N–H and O–H groups in total. The molecule has 4 rings (SSSR count). The fourth-order valence-electron chi connectivity index (χ4n) is 4.21. The summed E-state index contributed by atoms with van der Waals surface area (Å²) in [7, 11) is 0. The lowest BCUT2D eigenvalue weighted by molar-refractivity contribution is -0.137. The van der Waals surface area contributed by atoms with Crippen LogP contribution in [0, 0.1) is 6.92 Å². The summed E-state index contributed by atoms with van der Waals surface area (Å²) in [5.41, 5.74) is 2.33. The van der Waals surface area contributed by atoms with Crippen molar-refractivity contribution in [3.8, 4) is 0 Å². The second-order valence-electron chi connectivity index (χ2n) is 7.79. The van der Waals surface area contributed by atoms with E-state index < -0.39 is 11.7 Å². The van der Waals surface area contributed by atoms with Crippen LogP contribution in [0.2, 0.25) is 0 Å². The normalized spacial score (nSPS) is 17.8. The summed E-state index contributed by atoms with van der Waals surface area (Å²) in [4.78, 5) is 7.00. The first-order valence-electron chi connectivity index (χ1n) is 10.1. The maximum atomic E-state index is 13.0. The number of aromatic nitrogens is 3. The van der Waals surface area contributed by atoms with Crippen molar-refractivity contribution in [2.75, 3.05) is 11.4 Å². The highest BCUT2D eigenvalue weighted by Crippen LogP contribution is 2.31. The smallest absolute Gasteiger partial charge is 0.353 e. The Morgan fingerprint density at radius 2 is 1.97 bits per heavy atom. The van der Waals surface area contributed by atoms with Gasteiger partial charge in [-0.3, -0.25) is 0 Å². The number of hydrogen-bond acceptors (Lipinski definition) is 3. The van der Waals surface area contributed by atoms with E-state index in [2.05, 4.69) is 22.9 Å². The minimum absolute atomic E-state index is 0.336. The molecule has 1 saturated heterocycles. The third kappa shape index (κ3) is 4.09. The number of alkyl halides is 3. The highest BCUT2D eigenvalue weighted by molar-refractivity contribution is 5.53. The average molecular weight is 402 g/mol. The standard InChI is InChI=1S/C22H25F3N4/c1-3-19-9-4-5-10-28(19)21-11-15(2)26-20-14-18(27-29(20)21)13-16-7-6-8-17(12-16)22(23,24)25/h6-8,11-12,14,19H,3-5,9-10,13H2,1-2H3. The number of benzene rings is 1. The van der Waals surface area contributed by atoms with E-state index >= 15 is 0 Å². The first kappa shape index (κ1) is 19.7. The number of fused-ring (bicyclic) bond motifs is 1. The van der Waals surface area contributed by atoms with E-state index in [1.54, 1.807) is 6.07 Å². The number of rotatable bonds is 4. The molecule has 3 heterocycles. The number of aryl methyl sites for hydroxylation is 1. The van der Waals surface area contributed by atoms with E-state index in [0.717, 1.165) is 49.0 Å². The lowest BCUT2D eigenvalue weighted by Gasteiger charge is -2.37. The topological polar surface area (TPSA) is 33.4 Å². The number of nitrogens with zero attached hydrogens (tertiary/aromatic N) is 4. The van der Waals surface area contributed by atoms with Crippen molar-refractivity contribution in [3.63, 3.8) is 0 Å². The van der Waals surface area contributed by atoms with Crippen LogP contribution in [0.4, 0.5) is 19.0 Å². The van der Waals surface area contributed by atoms with Gasteiger partial charge in [0.25, 0.3) is 0 Å². The van der Waals surface area contributed by atoms with Gasteiger partial charge in [0.1, 0.15) is 5.82 Å². The van der Waals surface area contributed by atoms with Crippen LogP contribution in [0.15, 0.2) is 36.4 Å². The van der Waals surface area contributed by atoms with E-state index in [-0.39, 0.29) is 0 Å². The minimum Gasteiger partial charge on any atom is -0.353 e. The van der Waals surface area contributed by atoms with Crippen LogP contribution < -0.4 is 4.90 Å². The van der Waals surface area contributed by atoms with Gasteiger partial charge < -0.3 is 4.90 Å². The first-order valence-corrected chi connectivity index (χ1v) is 10.1. The van der Waals surface area contributed by atoms with Gasteiger partial charge in [0.05, 0.1) is 11.3 Å². The van der Waals surface area contributed by atoms with Gasteiger partial charge in [-0.25, -0.2) is 4.98 Å². The summed E-state index contributed by atoms with van der Waals surface area (Å²) in [6.07, 6.45) is 0.617. The van der Waals surface area contributed by atoms with Crippen molar-refractivity contribution in [2.45, 2.75) is 58.2 Å². The van der Waals surface area contributed by atoms with Gasteiger partial charge in [-0.05, 0) is 44.2 Å². The Bertz CT molecular complexity index is 1010. The predicted octanol–water partition coefficient (Wildman–Crippen LogP) is 5.42. The number of piperidine rings is 1. The molecule has 154 valence electrons. The molecule has 1 aliphatic rings. The van der Waals surface area contributed by atoms with Crippen molar-refractivity contribution in [1.29, 1.82) is 0 Å². The van der Waals surface area contributed by atoms with Gasteiger partial charge in [-0.2, -0.15) is 22.8 Å². The van der Waals surface area contributed by atoms with Crippen molar-refractivity contribution >= 4 is 11.5 Å². The van der Waals surface area contributed by atoms with Gasteiger partial charge >= 0.3 is 6.18 Å². The molecule has 0 spiro atoms. The van der Waals surface area contributed by atoms with Gasteiger partial charge in [-0.1, -0.05) is 25.1 Å². The summed E-state index contributed by atoms with van der Waals surface area (Å²) >= 11 is 0. The zero-order valence-corrected chi connectivity index (χ0v) is 16.7. The Labute approximate surface area is 168 Å². The molecule has 1 atom stereocenters. The van der Waals surface area contributed by atoms with E-state index in [9.17, 15) is 13.2 Å². The predicted molar refractivity (Wildman–Crippen MR) is 107 cm³/mol. The fourth-order valence-corrected chi connectivity index (χ4v) is 4.21. The van der Waals surface area contributed by atoms with Gasteiger partial charge in [0, 0.05) is 36.8 Å². The highest BCUT2D eigenvalue weighted by Gasteiger charge is 2.30. The van der Waals surface area contributed by atoms with Gasteiger partial charge in [0.2, 0.25) is 0 Å².